The molecule has 1 aromatic rings. The maximum absolute atomic E-state index is 12.8. The Morgan fingerprint density at radius 1 is 1.23 bits per heavy atom. The van der Waals surface area contributed by atoms with E-state index in [-0.39, 0.29) is 19.1 Å². The molecule has 1 atom stereocenters. The third-order valence-corrected chi connectivity index (χ3v) is 4.86. The number of carboxylic acids is 1. The fourth-order valence-electron chi connectivity index (χ4n) is 3.35. The number of aliphatic carboxylic acids is 1. The van der Waals surface area contributed by atoms with E-state index in [1.807, 2.05) is 0 Å². The number of nitrogens with zero attached hydrogens (tertiary/aromatic N) is 1. The third-order valence-electron chi connectivity index (χ3n) is 4.86. The van der Waals surface area contributed by atoms with Crippen LogP contribution in [0.4, 0.5) is 0 Å². The van der Waals surface area contributed by atoms with E-state index >= 15 is 0 Å². The zero-order chi connectivity index (χ0) is 19.0. The number of ether oxygens (including phenoxy) is 2. The molecule has 6 nitrogen and oxygen atoms in total. The van der Waals surface area contributed by atoms with Gasteiger partial charge in [0, 0.05) is 25.8 Å². The predicted molar refractivity (Wildman–Crippen MR) is 98.5 cm³/mol. The van der Waals surface area contributed by atoms with Gasteiger partial charge in [0.2, 0.25) is 0 Å². The Hall–Kier alpha value is -2.08. The number of benzene rings is 1. The number of methoxy groups -OCH3 is 1. The van der Waals surface area contributed by atoms with Crippen molar-refractivity contribution in [2.75, 3.05) is 33.4 Å². The normalized spacial score (nSPS) is 20.0. The summed E-state index contributed by atoms with van der Waals surface area (Å²) in [5.74, 6) is -0.313. The van der Waals surface area contributed by atoms with Gasteiger partial charge in [-0.15, -0.1) is 0 Å². The van der Waals surface area contributed by atoms with Crippen molar-refractivity contribution in [3.8, 4) is 5.75 Å². The van der Waals surface area contributed by atoms with Gasteiger partial charge in [0.05, 0.1) is 13.2 Å². The highest BCUT2D eigenvalue weighted by molar-refractivity contribution is 5.95. The first-order chi connectivity index (χ1) is 12.5. The monoisotopic (exact) mass is 363 g/mol. The molecule has 0 saturated carbocycles. The average molecular weight is 363 g/mol. The van der Waals surface area contributed by atoms with Gasteiger partial charge in [-0.25, -0.2) is 0 Å². The maximum atomic E-state index is 12.8. The van der Waals surface area contributed by atoms with Crippen LogP contribution in [0, 0.1) is 5.41 Å². The van der Waals surface area contributed by atoms with Crippen molar-refractivity contribution < 1.29 is 24.2 Å². The number of rotatable bonds is 9. The van der Waals surface area contributed by atoms with Gasteiger partial charge in [-0.3, -0.25) is 9.59 Å². The van der Waals surface area contributed by atoms with Crippen molar-refractivity contribution in [3.63, 3.8) is 0 Å². The fourth-order valence-corrected chi connectivity index (χ4v) is 3.35. The van der Waals surface area contributed by atoms with Crippen LogP contribution in [0.1, 0.15) is 49.4 Å². The molecular weight excluding hydrogens is 334 g/mol. The lowest BCUT2D eigenvalue weighted by molar-refractivity contribution is -0.155. The van der Waals surface area contributed by atoms with Gasteiger partial charge >= 0.3 is 5.97 Å². The first kappa shape index (κ1) is 20.2. The number of hydrogen-bond acceptors (Lipinski definition) is 4. The van der Waals surface area contributed by atoms with E-state index in [0.717, 1.165) is 25.0 Å². The summed E-state index contributed by atoms with van der Waals surface area (Å²) in [6, 6.07) is 7.07. The van der Waals surface area contributed by atoms with Gasteiger partial charge in [-0.2, -0.15) is 0 Å². The quantitative estimate of drug-likeness (QED) is 0.682. The van der Waals surface area contributed by atoms with Crippen LogP contribution in [0.25, 0.3) is 0 Å². The van der Waals surface area contributed by atoms with Gasteiger partial charge < -0.3 is 19.5 Å². The van der Waals surface area contributed by atoms with Crippen LogP contribution in [0.5, 0.6) is 5.75 Å². The van der Waals surface area contributed by atoms with Crippen LogP contribution in [0.3, 0.4) is 0 Å². The lowest BCUT2D eigenvalue weighted by atomic mass is 9.80. The van der Waals surface area contributed by atoms with Gasteiger partial charge in [-0.05, 0) is 43.5 Å². The van der Waals surface area contributed by atoms with Crippen molar-refractivity contribution in [1.82, 2.24) is 4.90 Å². The topological polar surface area (TPSA) is 76.1 Å². The van der Waals surface area contributed by atoms with E-state index in [0.29, 0.717) is 31.6 Å². The van der Waals surface area contributed by atoms with E-state index in [2.05, 4.69) is 6.92 Å². The van der Waals surface area contributed by atoms with Crippen molar-refractivity contribution >= 4 is 11.9 Å². The molecule has 144 valence electrons. The summed E-state index contributed by atoms with van der Waals surface area (Å²) in [7, 11) is 1.49. The molecule has 2 rings (SSSR count). The Balaban J connectivity index is 2.00. The molecule has 0 aliphatic carbocycles. The van der Waals surface area contributed by atoms with Crippen molar-refractivity contribution in [2.45, 2.75) is 39.0 Å². The zero-order valence-corrected chi connectivity index (χ0v) is 15.7. The molecule has 1 amide bonds. The fraction of sp³-hybridized carbons (Fsp3) is 0.600. The molecule has 1 fully saturated rings. The number of amides is 1. The summed E-state index contributed by atoms with van der Waals surface area (Å²) in [5, 5.41) is 9.61. The minimum Gasteiger partial charge on any atom is -0.494 e. The Labute approximate surface area is 155 Å². The lowest BCUT2D eigenvalue weighted by Crippen LogP contribution is -2.52. The number of piperidine rings is 1. The molecule has 0 bridgehead atoms. The van der Waals surface area contributed by atoms with Crippen LogP contribution in [0.15, 0.2) is 24.3 Å². The van der Waals surface area contributed by atoms with Crippen LogP contribution in [-0.2, 0) is 9.53 Å². The molecule has 1 aromatic carbocycles. The summed E-state index contributed by atoms with van der Waals surface area (Å²) in [6.07, 6.45) is 4.47. The second-order valence-corrected chi connectivity index (χ2v) is 6.93. The molecule has 1 unspecified atom stereocenters. The highest BCUT2D eigenvalue weighted by Gasteiger charge is 2.43. The second-order valence-electron chi connectivity index (χ2n) is 6.93. The SMILES string of the molecule is CCCCCOc1ccc(C(=O)N2CCCC(COC)(C(=O)O)C2)cc1. The summed E-state index contributed by atoms with van der Waals surface area (Å²) < 4.78 is 10.8. The van der Waals surface area contributed by atoms with Crippen LogP contribution in [-0.4, -0.2) is 55.3 Å². The Morgan fingerprint density at radius 2 is 1.96 bits per heavy atom. The molecule has 1 aliphatic rings. The third kappa shape index (κ3) is 4.97. The number of hydrogen-bond donors (Lipinski definition) is 1. The average Bonchev–Trinajstić information content (AvgIpc) is 2.65. The number of carboxylic acid groups (broad SMARTS) is 1. The summed E-state index contributed by atoms with van der Waals surface area (Å²) in [5.41, 5.74) is -0.477. The van der Waals surface area contributed by atoms with E-state index in [9.17, 15) is 14.7 Å². The van der Waals surface area contributed by atoms with Crippen molar-refractivity contribution in [1.29, 1.82) is 0 Å². The number of likely N-dealkylation sites (tertiary alicyclic amines) is 1. The molecule has 1 heterocycles. The van der Waals surface area contributed by atoms with Gasteiger partial charge in [0.15, 0.2) is 0 Å². The Morgan fingerprint density at radius 3 is 2.58 bits per heavy atom. The van der Waals surface area contributed by atoms with E-state index in [1.54, 1.807) is 29.2 Å². The Kier molecular flexibility index (Phi) is 7.45. The number of unbranched alkanes of at least 4 members (excludes halogenated alkanes) is 2. The number of carbonyl (C=O) groups is 2. The molecule has 1 saturated heterocycles. The molecule has 0 spiro atoms. The summed E-state index contributed by atoms with van der Waals surface area (Å²) in [4.78, 5) is 26.1. The molecule has 0 aromatic heterocycles. The zero-order valence-electron chi connectivity index (χ0n) is 15.7. The predicted octanol–water partition coefficient (Wildman–Crippen LogP) is 3.21. The van der Waals surface area contributed by atoms with Crippen LogP contribution in [0.2, 0.25) is 0 Å². The van der Waals surface area contributed by atoms with Crippen molar-refractivity contribution in [2.24, 2.45) is 5.41 Å². The van der Waals surface area contributed by atoms with E-state index in [1.165, 1.54) is 7.11 Å². The summed E-state index contributed by atoms with van der Waals surface area (Å²) >= 11 is 0. The van der Waals surface area contributed by atoms with Crippen molar-refractivity contribution in [3.05, 3.63) is 29.8 Å². The minimum absolute atomic E-state index is 0.108. The molecule has 6 heteroatoms. The first-order valence-corrected chi connectivity index (χ1v) is 9.27. The first-order valence-electron chi connectivity index (χ1n) is 9.27. The van der Waals surface area contributed by atoms with Gasteiger partial charge in [0.1, 0.15) is 11.2 Å². The van der Waals surface area contributed by atoms with Crippen LogP contribution >= 0.6 is 0 Å². The second kappa shape index (κ2) is 9.57. The molecule has 26 heavy (non-hydrogen) atoms. The largest absolute Gasteiger partial charge is 0.494 e. The molecular formula is C20H29NO5. The minimum atomic E-state index is -1.02. The smallest absolute Gasteiger partial charge is 0.313 e. The van der Waals surface area contributed by atoms with Crippen LogP contribution < -0.4 is 4.74 Å². The molecule has 0 radical (unpaired) electrons. The molecule has 1 aliphatic heterocycles. The highest BCUT2D eigenvalue weighted by Crippen LogP contribution is 2.31. The van der Waals surface area contributed by atoms with E-state index in [4.69, 9.17) is 9.47 Å². The maximum Gasteiger partial charge on any atom is 0.313 e. The van der Waals surface area contributed by atoms with E-state index < -0.39 is 11.4 Å². The molecule has 1 N–H and O–H groups in total. The van der Waals surface area contributed by atoms with Gasteiger partial charge in [0.25, 0.3) is 5.91 Å². The summed E-state index contributed by atoms with van der Waals surface area (Å²) in [6.45, 7) is 3.66. The Bertz CT molecular complexity index is 597. The lowest BCUT2D eigenvalue weighted by Gasteiger charge is -2.39. The standard InChI is InChI=1S/C20H29NO5/c1-3-4-5-13-26-17-9-7-16(8-10-17)18(22)21-12-6-11-20(14-21,15-25-2)19(23)24/h7-10H,3-6,11-15H2,1-2H3,(H,23,24). The van der Waals surface area contributed by atoms with Gasteiger partial charge in [-0.1, -0.05) is 19.8 Å². The highest BCUT2D eigenvalue weighted by atomic mass is 16.5. The number of carbonyl (C=O) groups excluding carboxylic acids is 1.